The zero-order chi connectivity index (χ0) is 13.9. The molecule has 5 heteroatoms. The van der Waals surface area contributed by atoms with Gasteiger partial charge >= 0.3 is 0 Å². The summed E-state index contributed by atoms with van der Waals surface area (Å²) in [5, 5.41) is 22.6. The van der Waals surface area contributed by atoms with E-state index in [2.05, 4.69) is 5.32 Å². The van der Waals surface area contributed by atoms with E-state index in [9.17, 15) is 10.2 Å². The number of aliphatic hydroxyl groups excluding tert-OH is 1. The lowest BCUT2D eigenvalue weighted by Gasteiger charge is -2.23. The van der Waals surface area contributed by atoms with Crippen LogP contribution < -0.4 is 5.32 Å². The Balaban J connectivity index is 3.44. The molecule has 0 aromatic heterocycles. The number of hydrogen-bond donors (Lipinski definition) is 3. The van der Waals surface area contributed by atoms with Crippen LogP contribution in [0, 0.1) is 0 Å². The molecular weight excluding hydrogens is 234 g/mol. The lowest BCUT2D eigenvalue weighted by molar-refractivity contribution is 0.00232. The maximum atomic E-state index is 9.91. The van der Waals surface area contributed by atoms with Gasteiger partial charge in [0, 0.05) is 19.7 Å². The van der Waals surface area contributed by atoms with Crippen LogP contribution in [-0.2, 0) is 9.47 Å². The summed E-state index contributed by atoms with van der Waals surface area (Å²) in [5.41, 5.74) is -0.704. The first-order valence-electron chi connectivity index (χ1n) is 6.78. The summed E-state index contributed by atoms with van der Waals surface area (Å²) in [4.78, 5) is 0. The van der Waals surface area contributed by atoms with Crippen LogP contribution in [0.2, 0.25) is 0 Å². The zero-order valence-corrected chi connectivity index (χ0v) is 11.9. The van der Waals surface area contributed by atoms with E-state index in [1.54, 1.807) is 6.92 Å². The van der Waals surface area contributed by atoms with Gasteiger partial charge in [0.15, 0.2) is 0 Å². The minimum atomic E-state index is -0.704. The summed E-state index contributed by atoms with van der Waals surface area (Å²) in [6, 6.07) is 0. The fraction of sp³-hybridized carbons (Fsp3) is 1.00. The number of aliphatic hydroxyl groups is 2. The third-order valence-corrected chi connectivity index (χ3v) is 2.56. The summed E-state index contributed by atoms with van der Waals surface area (Å²) in [7, 11) is 0. The predicted molar refractivity (Wildman–Crippen MR) is 71.7 cm³/mol. The molecule has 0 aliphatic heterocycles. The first-order valence-corrected chi connectivity index (χ1v) is 6.78. The molecule has 0 heterocycles. The van der Waals surface area contributed by atoms with E-state index < -0.39 is 11.7 Å². The second-order valence-electron chi connectivity index (χ2n) is 4.80. The molecule has 0 saturated carbocycles. The Hall–Kier alpha value is -0.200. The second-order valence-corrected chi connectivity index (χ2v) is 4.80. The Morgan fingerprint density at radius 2 is 1.89 bits per heavy atom. The summed E-state index contributed by atoms with van der Waals surface area (Å²) < 4.78 is 10.4. The van der Waals surface area contributed by atoms with Crippen LogP contribution in [0.4, 0.5) is 0 Å². The van der Waals surface area contributed by atoms with E-state index in [1.807, 2.05) is 13.8 Å². The summed E-state index contributed by atoms with van der Waals surface area (Å²) in [6.07, 6.45) is 1.14. The van der Waals surface area contributed by atoms with E-state index in [0.717, 1.165) is 12.8 Å². The van der Waals surface area contributed by atoms with Gasteiger partial charge in [0.1, 0.15) is 0 Å². The maximum absolute atomic E-state index is 9.91. The lowest BCUT2D eigenvalue weighted by atomic mass is 10.0. The number of nitrogens with one attached hydrogen (secondary N) is 1. The molecule has 0 aliphatic carbocycles. The van der Waals surface area contributed by atoms with Crippen molar-refractivity contribution in [2.24, 2.45) is 0 Å². The Morgan fingerprint density at radius 3 is 2.50 bits per heavy atom. The molecule has 0 aromatic rings. The second kappa shape index (κ2) is 10.7. The molecule has 0 aromatic carbocycles. The summed E-state index contributed by atoms with van der Waals surface area (Å²) in [6.45, 7) is 8.70. The van der Waals surface area contributed by atoms with Crippen molar-refractivity contribution >= 4 is 0 Å². The lowest BCUT2D eigenvalue weighted by Crippen LogP contribution is -2.41. The Labute approximate surface area is 110 Å². The molecule has 110 valence electrons. The van der Waals surface area contributed by atoms with Crippen molar-refractivity contribution in [2.75, 3.05) is 39.5 Å². The standard InChI is InChI=1S/C13H29NO4/c1-4-6-13(3,16)11-14-9-12(15)10-18-8-7-17-5-2/h12,14-16H,4-11H2,1-3H3. The van der Waals surface area contributed by atoms with Gasteiger partial charge in [0.25, 0.3) is 0 Å². The van der Waals surface area contributed by atoms with Gasteiger partial charge in [-0.3, -0.25) is 0 Å². The van der Waals surface area contributed by atoms with Gasteiger partial charge in [-0.25, -0.2) is 0 Å². The molecule has 3 N–H and O–H groups in total. The van der Waals surface area contributed by atoms with E-state index in [-0.39, 0.29) is 6.61 Å². The van der Waals surface area contributed by atoms with Crippen molar-refractivity contribution in [3.05, 3.63) is 0 Å². The molecule has 0 radical (unpaired) electrons. The Bertz CT molecular complexity index is 188. The topological polar surface area (TPSA) is 71.0 Å². The largest absolute Gasteiger partial charge is 0.389 e. The smallest absolute Gasteiger partial charge is 0.0897 e. The van der Waals surface area contributed by atoms with Crippen molar-refractivity contribution < 1.29 is 19.7 Å². The number of rotatable bonds is 12. The fourth-order valence-electron chi connectivity index (χ4n) is 1.68. The van der Waals surface area contributed by atoms with Gasteiger partial charge in [-0.15, -0.1) is 0 Å². The highest BCUT2D eigenvalue weighted by atomic mass is 16.5. The van der Waals surface area contributed by atoms with Gasteiger partial charge in [-0.05, 0) is 20.3 Å². The van der Waals surface area contributed by atoms with Crippen LogP contribution in [0.15, 0.2) is 0 Å². The van der Waals surface area contributed by atoms with Crippen LogP contribution >= 0.6 is 0 Å². The molecule has 0 bridgehead atoms. The number of hydrogen-bond acceptors (Lipinski definition) is 5. The van der Waals surface area contributed by atoms with Crippen LogP contribution in [0.1, 0.15) is 33.6 Å². The summed E-state index contributed by atoms with van der Waals surface area (Å²) >= 11 is 0. The third-order valence-electron chi connectivity index (χ3n) is 2.56. The van der Waals surface area contributed by atoms with E-state index in [4.69, 9.17) is 9.47 Å². The molecule has 5 nitrogen and oxygen atoms in total. The van der Waals surface area contributed by atoms with Gasteiger partial charge < -0.3 is 25.0 Å². The summed E-state index contributed by atoms with van der Waals surface area (Å²) in [5.74, 6) is 0. The van der Waals surface area contributed by atoms with E-state index in [1.165, 1.54) is 0 Å². The monoisotopic (exact) mass is 263 g/mol. The van der Waals surface area contributed by atoms with Gasteiger partial charge in [-0.2, -0.15) is 0 Å². The Morgan fingerprint density at radius 1 is 1.22 bits per heavy atom. The average molecular weight is 263 g/mol. The number of ether oxygens (including phenoxy) is 2. The molecule has 0 rings (SSSR count). The average Bonchev–Trinajstić information content (AvgIpc) is 2.28. The molecule has 0 amide bonds. The third kappa shape index (κ3) is 10.9. The van der Waals surface area contributed by atoms with E-state index >= 15 is 0 Å². The minimum Gasteiger partial charge on any atom is -0.389 e. The van der Waals surface area contributed by atoms with Gasteiger partial charge in [0.05, 0.1) is 31.5 Å². The van der Waals surface area contributed by atoms with Crippen LogP contribution in [-0.4, -0.2) is 61.4 Å². The van der Waals surface area contributed by atoms with Crippen molar-refractivity contribution in [3.63, 3.8) is 0 Å². The SMILES string of the molecule is CCCC(C)(O)CNCC(O)COCCOCC. The zero-order valence-electron chi connectivity index (χ0n) is 11.9. The molecule has 18 heavy (non-hydrogen) atoms. The van der Waals surface area contributed by atoms with Gasteiger partial charge in [0.2, 0.25) is 0 Å². The first-order chi connectivity index (χ1) is 8.52. The van der Waals surface area contributed by atoms with Crippen molar-refractivity contribution in [1.82, 2.24) is 5.32 Å². The molecule has 2 atom stereocenters. The van der Waals surface area contributed by atoms with Crippen molar-refractivity contribution in [3.8, 4) is 0 Å². The highest BCUT2D eigenvalue weighted by Crippen LogP contribution is 2.09. The highest BCUT2D eigenvalue weighted by molar-refractivity contribution is 4.75. The molecule has 0 saturated heterocycles. The molecule has 0 fully saturated rings. The first kappa shape index (κ1) is 17.8. The predicted octanol–water partition coefficient (Wildman–Crippen LogP) is 0.541. The normalized spacial score (nSPS) is 16.5. The molecule has 0 spiro atoms. The quantitative estimate of drug-likeness (QED) is 0.448. The van der Waals surface area contributed by atoms with Crippen LogP contribution in [0.5, 0.6) is 0 Å². The molecule has 2 unspecified atom stereocenters. The maximum Gasteiger partial charge on any atom is 0.0897 e. The van der Waals surface area contributed by atoms with Crippen molar-refractivity contribution in [2.45, 2.75) is 45.3 Å². The van der Waals surface area contributed by atoms with Crippen LogP contribution in [0.3, 0.4) is 0 Å². The minimum absolute atomic E-state index is 0.288. The fourth-order valence-corrected chi connectivity index (χ4v) is 1.68. The molecular formula is C13H29NO4. The van der Waals surface area contributed by atoms with Gasteiger partial charge in [-0.1, -0.05) is 13.3 Å². The van der Waals surface area contributed by atoms with Crippen LogP contribution in [0.25, 0.3) is 0 Å². The van der Waals surface area contributed by atoms with E-state index in [0.29, 0.717) is 32.9 Å². The van der Waals surface area contributed by atoms with Crippen molar-refractivity contribution in [1.29, 1.82) is 0 Å². The highest BCUT2D eigenvalue weighted by Gasteiger charge is 2.18. The Kier molecular flexibility index (Phi) is 10.6. The molecule has 0 aliphatic rings.